The second kappa shape index (κ2) is 8.00. The predicted molar refractivity (Wildman–Crippen MR) is 80.5 cm³/mol. The molecule has 0 saturated heterocycles. The molecule has 0 atom stereocenters. The van der Waals surface area contributed by atoms with Crippen molar-refractivity contribution in [1.29, 1.82) is 0 Å². The number of rotatable bonds is 7. The van der Waals surface area contributed by atoms with Gasteiger partial charge in [0.25, 0.3) is 0 Å². The summed E-state index contributed by atoms with van der Waals surface area (Å²) in [6.45, 7) is 8.29. The minimum Gasteiger partial charge on any atom is -0.315 e. The van der Waals surface area contributed by atoms with Crippen molar-refractivity contribution in [2.45, 2.75) is 20.4 Å². The van der Waals surface area contributed by atoms with Crippen LogP contribution in [0.1, 0.15) is 19.4 Å². The molecule has 102 valence electrons. The second-order valence-corrected chi connectivity index (χ2v) is 5.83. The van der Waals surface area contributed by atoms with Crippen LogP contribution in [0.4, 0.5) is 0 Å². The van der Waals surface area contributed by atoms with E-state index in [0.717, 1.165) is 31.7 Å². The molecule has 0 aromatic heterocycles. The highest BCUT2D eigenvalue weighted by molar-refractivity contribution is 6.42. The van der Waals surface area contributed by atoms with Gasteiger partial charge in [0.05, 0.1) is 10.0 Å². The molecular weight excluding hydrogens is 267 g/mol. The van der Waals surface area contributed by atoms with E-state index in [9.17, 15) is 0 Å². The third-order valence-electron chi connectivity index (χ3n) is 2.69. The normalized spacial score (nSPS) is 11.5. The molecule has 0 fully saturated rings. The number of nitrogens with zero attached hydrogens (tertiary/aromatic N) is 1. The molecule has 0 saturated carbocycles. The predicted octanol–water partition coefficient (Wildman–Crippen LogP) is 3.67. The molecular formula is C14H22Cl2N2. The largest absolute Gasteiger partial charge is 0.315 e. The summed E-state index contributed by atoms with van der Waals surface area (Å²) in [5.74, 6) is 0.692. The van der Waals surface area contributed by atoms with Crippen molar-refractivity contribution in [2.24, 2.45) is 5.92 Å². The SMILES string of the molecule is CC(C)CNCCN(C)Cc1cccc(Cl)c1Cl. The lowest BCUT2D eigenvalue weighted by Gasteiger charge is -2.18. The van der Waals surface area contributed by atoms with Gasteiger partial charge in [-0.05, 0) is 31.1 Å². The maximum absolute atomic E-state index is 6.17. The Labute approximate surface area is 120 Å². The van der Waals surface area contributed by atoms with Gasteiger partial charge < -0.3 is 10.2 Å². The van der Waals surface area contributed by atoms with E-state index in [1.807, 2.05) is 18.2 Å². The van der Waals surface area contributed by atoms with Crippen molar-refractivity contribution in [3.05, 3.63) is 33.8 Å². The van der Waals surface area contributed by atoms with E-state index in [4.69, 9.17) is 23.2 Å². The standard InChI is InChI=1S/C14H22Cl2N2/c1-11(2)9-17-7-8-18(3)10-12-5-4-6-13(15)14(12)16/h4-6,11,17H,7-10H2,1-3H3. The average Bonchev–Trinajstić information content (AvgIpc) is 2.30. The number of halogens is 2. The number of hydrogen-bond acceptors (Lipinski definition) is 2. The first-order valence-corrected chi connectivity index (χ1v) is 7.08. The first-order valence-electron chi connectivity index (χ1n) is 6.33. The second-order valence-electron chi connectivity index (χ2n) is 5.05. The zero-order chi connectivity index (χ0) is 13.5. The molecule has 0 aliphatic carbocycles. The molecule has 0 bridgehead atoms. The topological polar surface area (TPSA) is 15.3 Å². The van der Waals surface area contributed by atoms with Gasteiger partial charge in [-0.25, -0.2) is 0 Å². The highest BCUT2D eigenvalue weighted by Crippen LogP contribution is 2.26. The maximum atomic E-state index is 6.17. The third kappa shape index (κ3) is 5.57. The van der Waals surface area contributed by atoms with Gasteiger partial charge in [-0.15, -0.1) is 0 Å². The van der Waals surface area contributed by atoms with Crippen LogP contribution in [0, 0.1) is 5.92 Å². The van der Waals surface area contributed by atoms with Crippen LogP contribution in [0.15, 0.2) is 18.2 Å². The van der Waals surface area contributed by atoms with E-state index in [0.29, 0.717) is 16.0 Å². The summed E-state index contributed by atoms with van der Waals surface area (Å²) in [5, 5.41) is 4.72. The van der Waals surface area contributed by atoms with Gasteiger partial charge in [-0.1, -0.05) is 49.2 Å². The fourth-order valence-corrected chi connectivity index (χ4v) is 2.08. The highest BCUT2D eigenvalue weighted by atomic mass is 35.5. The van der Waals surface area contributed by atoms with Crippen LogP contribution in [0.2, 0.25) is 10.0 Å². The molecule has 0 aliphatic rings. The molecule has 0 aliphatic heterocycles. The number of hydrogen-bond donors (Lipinski definition) is 1. The monoisotopic (exact) mass is 288 g/mol. The van der Waals surface area contributed by atoms with Crippen molar-refractivity contribution < 1.29 is 0 Å². The third-order valence-corrected chi connectivity index (χ3v) is 3.55. The lowest BCUT2D eigenvalue weighted by molar-refractivity contribution is 0.322. The summed E-state index contributed by atoms with van der Waals surface area (Å²) >= 11 is 12.2. The Kier molecular flexibility index (Phi) is 7.02. The summed E-state index contributed by atoms with van der Waals surface area (Å²) < 4.78 is 0. The molecule has 2 nitrogen and oxygen atoms in total. The number of likely N-dealkylation sites (N-methyl/N-ethyl adjacent to an activating group) is 1. The van der Waals surface area contributed by atoms with Gasteiger partial charge in [0, 0.05) is 19.6 Å². The van der Waals surface area contributed by atoms with Gasteiger partial charge in [0.1, 0.15) is 0 Å². The van der Waals surface area contributed by atoms with Gasteiger partial charge in [-0.3, -0.25) is 0 Å². The van der Waals surface area contributed by atoms with Crippen molar-refractivity contribution in [2.75, 3.05) is 26.7 Å². The molecule has 4 heteroatoms. The molecule has 1 aromatic carbocycles. The van der Waals surface area contributed by atoms with Crippen LogP contribution < -0.4 is 5.32 Å². The molecule has 0 heterocycles. The van der Waals surface area contributed by atoms with Gasteiger partial charge in [-0.2, -0.15) is 0 Å². The average molecular weight is 289 g/mol. The zero-order valence-electron chi connectivity index (χ0n) is 11.3. The molecule has 0 spiro atoms. The Morgan fingerprint density at radius 3 is 2.67 bits per heavy atom. The Bertz CT molecular complexity index is 367. The van der Waals surface area contributed by atoms with Crippen LogP contribution >= 0.6 is 23.2 Å². The summed E-state index contributed by atoms with van der Waals surface area (Å²) in [7, 11) is 2.09. The van der Waals surface area contributed by atoms with E-state index in [-0.39, 0.29) is 0 Å². The molecule has 0 unspecified atom stereocenters. The van der Waals surface area contributed by atoms with Crippen LogP contribution in [0.25, 0.3) is 0 Å². The van der Waals surface area contributed by atoms with Crippen LogP contribution in [-0.2, 0) is 6.54 Å². The van der Waals surface area contributed by atoms with Crippen LogP contribution in [-0.4, -0.2) is 31.6 Å². The summed E-state index contributed by atoms with van der Waals surface area (Å²) in [6.07, 6.45) is 0. The molecule has 0 amide bonds. The Hall–Kier alpha value is -0.280. The van der Waals surface area contributed by atoms with Crippen LogP contribution in [0.3, 0.4) is 0 Å². The molecule has 1 aromatic rings. The molecule has 1 N–H and O–H groups in total. The lowest BCUT2D eigenvalue weighted by Crippen LogP contribution is -2.30. The van der Waals surface area contributed by atoms with Crippen molar-refractivity contribution in [3.63, 3.8) is 0 Å². The van der Waals surface area contributed by atoms with Crippen LogP contribution in [0.5, 0.6) is 0 Å². The smallest absolute Gasteiger partial charge is 0.0637 e. The quantitative estimate of drug-likeness (QED) is 0.770. The highest BCUT2D eigenvalue weighted by Gasteiger charge is 2.06. The van der Waals surface area contributed by atoms with E-state index >= 15 is 0 Å². The fourth-order valence-electron chi connectivity index (χ4n) is 1.70. The van der Waals surface area contributed by atoms with Gasteiger partial charge >= 0.3 is 0 Å². The van der Waals surface area contributed by atoms with E-state index < -0.39 is 0 Å². The van der Waals surface area contributed by atoms with Crippen molar-refractivity contribution in [3.8, 4) is 0 Å². The summed E-state index contributed by atoms with van der Waals surface area (Å²) in [5.41, 5.74) is 1.08. The van der Waals surface area contributed by atoms with Gasteiger partial charge in [0.2, 0.25) is 0 Å². The maximum Gasteiger partial charge on any atom is 0.0637 e. The van der Waals surface area contributed by atoms with E-state index in [2.05, 4.69) is 31.1 Å². The first kappa shape index (κ1) is 15.8. The number of benzene rings is 1. The minimum absolute atomic E-state index is 0.625. The Balaban J connectivity index is 2.35. The Morgan fingerprint density at radius 2 is 2.00 bits per heavy atom. The molecule has 0 radical (unpaired) electrons. The van der Waals surface area contributed by atoms with E-state index in [1.54, 1.807) is 0 Å². The molecule has 1 rings (SSSR count). The lowest BCUT2D eigenvalue weighted by atomic mass is 10.2. The Morgan fingerprint density at radius 1 is 1.28 bits per heavy atom. The minimum atomic E-state index is 0.625. The van der Waals surface area contributed by atoms with Crippen molar-refractivity contribution in [1.82, 2.24) is 10.2 Å². The summed E-state index contributed by atoms with van der Waals surface area (Å²) in [6, 6.07) is 5.78. The molecule has 18 heavy (non-hydrogen) atoms. The number of nitrogens with one attached hydrogen (secondary N) is 1. The fraction of sp³-hybridized carbons (Fsp3) is 0.571. The zero-order valence-corrected chi connectivity index (χ0v) is 12.9. The van der Waals surface area contributed by atoms with E-state index in [1.165, 1.54) is 0 Å². The first-order chi connectivity index (χ1) is 8.50. The van der Waals surface area contributed by atoms with Crippen molar-refractivity contribution >= 4 is 23.2 Å². The summed E-state index contributed by atoms with van der Waals surface area (Å²) in [4.78, 5) is 2.24. The van der Waals surface area contributed by atoms with Gasteiger partial charge in [0.15, 0.2) is 0 Å².